The molecule has 7 heteroatoms. The lowest BCUT2D eigenvalue weighted by Gasteiger charge is -2.41. The van der Waals surface area contributed by atoms with Crippen LogP contribution >= 0.6 is 0 Å². The van der Waals surface area contributed by atoms with Crippen LogP contribution in [-0.2, 0) is 12.5 Å². The summed E-state index contributed by atoms with van der Waals surface area (Å²) in [4.78, 5) is 19.4. The molecule has 0 spiro atoms. The lowest BCUT2D eigenvalue weighted by molar-refractivity contribution is 0.0600. The van der Waals surface area contributed by atoms with E-state index in [-0.39, 0.29) is 11.3 Å². The Morgan fingerprint density at radius 1 is 1.40 bits per heavy atom. The van der Waals surface area contributed by atoms with E-state index in [2.05, 4.69) is 15.2 Å². The molecule has 25 heavy (non-hydrogen) atoms. The molecular weight excluding hydrogens is 318 g/mol. The highest BCUT2D eigenvalue weighted by Gasteiger charge is 2.45. The largest absolute Gasteiger partial charge is 0.340 e. The van der Waals surface area contributed by atoms with Crippen molar-refractivity contribution in [2.45, 2.75) is 51.4 Å². The number of amides is 1. The summed E-state index contributed by atoms with van der Waals surface area (Å²) in [5.41, 5.74) is 1.32. The maximum Gasteiger partial charge on any atom is 0.274 e. The zero-order valence-corrected chi connectivity index (χ0v) is 15.2. The average molecular weight is 343 g/mol. The monoisotopic (exact) mass is 343 g/mol. The Balaban J connectivity index is 1.61. The number of nitrogens with zero attached hydrogens (tertiary/aromatic N) is 5. The van der Waals surface area contributed by atoms with Gasteiger partial charge in [0.2, 0.25) is 5.89 Å². The number of hydrogen-bond donors (Lipinski definition) is 0. The molecule has 3 heterocycles. The van der Waals surface area contributed by atoms with Crippen molar-refractivity contribution in [2.24, 2.45) is 13.0 Å². The van der Waals surface area contributed by atoms with Crippen LogP contribution in [0.15, 0.2) is 10.6 Å². The van der Waals surface area contributed by atoms with Gasteiger partial charge in [0.15, 0.2) is 11.5 Å². The highest BCUT2D eigenvalue weighted by Crippen LogP contribution is 2.45. The molecule has 1 amide bonds. The second-order valence-corrected chi connectivity index (χ2v) is 7.69. The molecule has 2 aromatic rings. The van der Waals surface area contributed by atoms with Gasteiger partial charge >= 0.3 is 0 Å². The van der Waals surface area contributed by atoms with E-state index in [0.29, 0.717) is 18.1 Å². The van der Waals surface area contributed by atoms with Gasteiger partial charge in [-0.1, -0.05) is 18.0 Å². The second-order valence-electron chi connectivity index (χ2n) is 7.69. The number of hydrogen-bond acceptors (Lipinski definition) is 5. The van der Waals surface area contributed by atoms with Crippen LogP contribution < -0.4 is 0 Å². The van der Waals surface area contributed by atoms with Crippen molar-refractivity contribution < 1.29 is 9.32 Å². The van der Waals surface area contributed by atoms with Crippen LogP contribution in [0.4, 0.5) is 0 Å². The molecule has 0 aromatic carbocycles. The molecule has 1 saturated heterocycles. The fraction of sp³-hybridized carbons (Fsp3) is 0.667. The van der Waals surface area contributed by atoms with Crippen molar-refractivity contribution in [3.8, 4) is 0 Å². The SMILES string of the molecule is Cc1nc(C2(CC3CC3)CCCN(C(=O)c3cc(C)n(C)n3)C2)no1. The van der Waals surface area contributed by atoms with Crippen LogP contribution in [0.5, 0.6) is 0 Å². The molecule has 2 fully saturated rings. The van der Waals surface area contributed by atoms with Gasteiger partial charge in [-0.25, -0.2) is 0 Å². The van der Waals surface area contributed by atoms with Gasteiger partial charge in [-0.3, -0.25) is 9.48 Å². The van der Waals surface area contributed by atoms with Crippen molar-refractivity contribution in [2.75, 3.05) is 13.1 Å². The third-order valence-corrected chi connectivity index (χ3v) is 5.58. The summed E-state index contributed by atoms with van der Waals surface area (Å²) >= 11 is 0. The summed E-state index contributed by atoms with van der Waals surface area (Å²) in [5, 5.41) is 8.59. The van der Waals surface area contributed by atoms with Crippen LogP contribution in [0.1, 0.15) is 60.0 Å². The molecule has 1 unspecified atom stereocenters. The third-order valence-electron chi connectivity index (χ3n) is 5.58. The standard InChI is InChI=1S/C18H25N5O2/c1-12-9-15(20-22(12)3)16(24)23-8-4-7-18(11-23,10-14-5-6-14)17-19-13(2)25-21-17/h9,14H,4-8,10-11H2,1-3H3. The maximum atomic E-state index is 13.0. The van der Waals surface area contributed by atoms with Gasteiger partial charge in [0.25, 0.3) is 5.91 Å². The fourth-order valence-corrected chi connectivity index (χ4v) is 3.96. The maximum absolute atomic E-state index is 13.0. The number of aromatic nitrogens is 4. The van der Waals surface area contributed by atoms with Crippen molar-refractivity contribution >= 4 is 5.91 Å². The Hall–Kier alpha value is -2.18. The van der Waals surface area contributed by atoms with Crippen LogP contribution in [-0.4, -0.2) is 43.8 Å². The summed E-state index contributed by atoms with van der Waals surface area (Å²) < 4.78 is 7.01. The first kappa shape index (κ1) is 16.3. The summed E-state index contributed by atoms with van der Waals surface area (Å²) in [6.45, 7) is 5.19. The first-order valence-corrected chi connectivity index (χ1v) is 9.07. The molecule has 1 aliphatic heterocycles. The Labute approximate surface area is 147 Å². The van der Waals surface area contributed by atoms with E-state index in [1.807, 2.05) is 31.9 Å². The summed E-state index contributed by atoms with van der Waals surface area (Å²) in [6.07, 6.45) is 5.54. The molecule has 4 rings (SSSR count). The number of aryl methyl sites for hydroxylation is 3. The summed E-state index contributed by atoms with van der Waals surface area (Å²) in [6, 6.07) is 1.86. The number of likely N-dealkylation sites (tertiary alicyclic amines) is 1. The number of carbonyl (C=O) groups is 1. The predicted octanol–water partition coefficient (Wildman–Crippen LogP) is 2.39. The Kier molecular flexibility index (Phi) is 3.89. The Bertz CT molecular complexity index is 772. The van der Waals surface area contributed by atoms with E-state index in [1.54, 1.807) is 4.68 Å². The molecule has 0 radical (unpaired) electrons. The van der Waals surface area contributed by atoms with Crippen LogP contribution in [0.3, 0.4) is 0 Å². The molecule has 0 N–H and O–H groups in total. The molecule has 2 aromatic heterocycles. The van der Waals surface area contributed by atoms with E-state index in [9.17, 15) is 4.79 Å². The lowest BCUT2D eigenvalue weighted by Crippen LogP contribution is -2.49. The first-order chi connectivity index (χ1) is 12.0. The van der Waals surface area contributed by atoms with Crippen LogP contribution in [0.2, 0.25) is 0 Å². The van der Waals surface area contributed by atoms with Gasteiger partial charge in [-0.15, -0.1) is 0 Å². The molecule has 0 bridgehead atoms. The van der Waals surface area contributed by atoms with Crippen molar-refractivity contribution in [3.05, 3.63) is 29.2 Å². The van der Waals surface area contributed by atoms with Gasteiger partial charge in [0.1, 0.15) is 0 Å². The quantitative estimate of drug-likeness (QED) is 0.852. The number of rotatable bonds is 4. The van der Waals surface area contributed by atoms with Crippen molar-refractivity contribution in [1.82, 2.24) is 24.8 Å². The van der Waals surface area contributed by atoms with E-state index >= 15 is 0 Å². The van der Waals surface area contributed by atoms with E-state index in [1.165, 1.54) is 12.8 Å². The third kappa shape index (κ3) is 3.07. The molecule has 1 saturated carbocycles. The van der Waals surface area contributed by atoms with E-state index in [0.717, 1.165) is 43.2 Å². The number of piperidine rings is 1. The van der Waals surface area contributed by atoms with E-state index in [4.69, 9.17) is 4.52 Å². The molecular formula is C18H25N5O2. The second kappa shape index (κ2) is 5.97. The first-order valence-electron chi connectivity index (χ1n) is 9.07. The normalized spacial score (nSPS) is 23.9. The molecule has 7 nitrogen and oxygen atoms in total. The zero-order valence-electron chi connectivity index (χ0n) is 15.2. The van der Waals surface area contributed by atoms with Crippen LogP contribution in [0.25, 0.3) is 0 Å². The minimum atomic E-state index is -0.184. The minimum absolute atomic E-state index is 0.00351. The topological polar surface area (TPSA) is 77.1 Å². The number of carbonyl (C=O) groups excluding carboxylic acids is 1. The zero-order chi connectivity index (χ0) is 17.6. The minimum Gasteiger partial charge on any atom is -0.340 e. The van der Waals surface area contributed by atoms with Crippen molar-refractivity contribution in [3.63, 3.8) is 0 Å². The summed E-state index contributed by atoms with van der Waals surface area (Å²) in [5.74, 6) is 2.09. The Morgan fingerprint density at radius 3 is 2.80 bits per heavy atom. The van der Waals surface area contributed by atoms with Gasteiger partial charge in [-0.2, -0.15) is 10.1 Å². The highest BCUT2D eigenvalue weighted by atomic mass is 16.5. The molecule has 134 valence electrons. The van der Waals surface area contributed by atoms with Gasteiger partial charge < -0.3 is 9.42 Å². The smallest absolute Gasteiger partial charge is 0.274 e. The Morgan fingerprint density at radius 2 is 2.20 bits per heavy atom. The van der Waals surface area contributed by atoms with Gasteiger partial charge in [0.05, 0.1) is 5.41 Å². The molecule has 2 aliphatic rings. The van der Waals surface area contributed by atoms with Gasteiger partial charge in [0, 0.05) is 32.8 Å². The molecule has 1 aliphatic carbocycles. The van der Waals surface area contributed by atoms with Crippen molar-refractivity contribution in [1.29, 1.82) is 0 Å². The van der Waals surface area contributed by atoms with Crippen LogP contribution in [0, 0.1) is 19.8 Å². The predicted molar refractivity (Wildman–Crippen MR) is 91.1 cm³/mol. The average Bonchev–Trinajstić information content (AvgIpc) is 3.18. The molecule has 1 atom stereocenters. The highest BCUT2D eigenvalue weighted by molar-refractivity contribution is 5.92. The van der Waals surface area contributed by atoms with E-state index < -0.39 is 0 Å². The summed E-state index contributed by atoms with van der Waals surface area (Å²) in [7, 11) is 1.86. The lowest BCUT2D eigenvalue weighted by atomic mass is 9.74. The van der Waals surface area contributed by atoms with Gasteiger partial charge in [-0.05, 0) is 38.2 Å². The fourth-order valence-electron chi connectivity index (χ4n) is 3.96.